The Morgan fingerprint density at radius 3 is 2.33 bits per heavy atom. The molecule has 0 aliphatic heterocycles. The van der Waals surface area contributed by atoms with Crippen LogP contribution in [-0.4, -0.2) is 5.91 Å². The summed E-state index contributed by atoms with van der Waals surface area (Å²) >= 11 is 0. The van der Waals surface area contributed by atoms with E-state index in [-0.39, 0.29) is 11.9 Å². The minimum Gasteiger partial charge on any atom is -0.349 e. The molecule has 2 rings (SSSR count). The summed E-state index contributed by atoms with van der Waals surface area (Å²) in [5.74, 6) is 0.0336. The van der Waals surface area contributed by atoms with Crippen molar-refractivity contribution < 1.29 is 4.79 Å². The summed E-state index contributed by atoms with van der Waals surface area (Å²) in [4.78, 5) is 12.1. The first-order valence-electron chi connectivity index (χ1n) is 7.23. The van der Waals surface area contributed by atoms with Crippen LogP contribution >= 0.6 is 0 Å². The van der Waals surface area contributed by atoms with E-state index in [2.05, 4.69) is 24.4 Å². The standard InChI is InChI=1S/C18H22N2O/c1-13-5-3-4-6-17(13)14(2)20-18(21)11-15-7-9-16(12-19)10-8-15/h3-10,14H,11-12,19H2,1-2H3,(H,20,21). The molecule has 0 fully saturated rings. The van der Waals surface area contributed by atoms with Gasteiger partial charge in [-0.25, -0.2) is 0 Å². The van der Waals surface area contributed by atoms with E-state index in [4.69, 9.17) is 5.73 Å². The zero-order chi connectivity index (χ0) is 15.2. The van der Waals surface area contributed by atoms with Crippen molar-refractivity contribution in [2.75, 3.05) is 0 Å². The van der Waals surface area contributed by atoms with Crippen molar-refractivity contribution in [3.8, 4) is 0 Å². The number of nitrogens with two attached hydrogens (primary N) is 1. The molecule has 1 atom stereocenters. The molecule has 0 aliphatic carbocycles. The molecule has 0 aromatic heterocycles. The number of benzene rings is 2. The quantitative estimate of drug-likeness (QED) is 0.886. The molecule has 110 valence electrons. The fourth-order valence-corrected chi connectivity index (χ4v) is 2.42. The van der Waals surface area contributed by atoms with Gasteiger partial charge in [-0.3, -0.25) is 4.79 Å². The second kappa shape index (κ2) is 7.04. The van der Waals surface area contributed by atoms with Gasteiger partial charge in [-0.15, -0.1) is 0 Å². The van der Waals surface area contributed by atoms with E-state index in [0.717, 1.165) is 16.7 Å². The number of nitrogens with one attached hydrogen (secondary N) is 1. The highest BCUT2D eigenvalue weighted by Crippen LogP contribution is 2.16. The number of carbonyl (C=O) groups excluding carboxylic acids is 1. The number of hydrogen-bond acceptors (Lipinski definition) is 2. The Bertz CT molecular complexity index is 605. The van der Waals surface area contributed by atoms with Crippen molar-refractivity contribution in [3.05, 3.63) is 70.8 Å². The molecule has 2 aromatic carbocycles. The Labute approximate surface area is 126 Å². The van der Waals surface area contributed by atoms with Gasteiger partial charge in [0.15, 0.2) is 0 Å². The average molecular weight is 282 g/mol. The summed E-state index contributed by atoms with van der Waals surface area (Å²) in [5.41, 5.74) is 9.99. The van der Waals surface area contributed by atoms with Gasteiger partial charge in [-0.2, -0.15) is 0 Å². The maximum absolute atomic E-state index is 12.1. The van der Waals surface area contributed by atoms with E-state index in [1.165, 1.54) is 5.56 Å². The van der Waals surface area contributed by atoms with E-state index in [1.807, 2.05) is 43.3 Å². The molecule has 0 saturated heterocycles. The fourth-order valence-electron chi connectivity index (χ4n) is 2.42. The van der Waals surface area contributed by atoms with Crippen molar-refractivity contribution in [1.82, 2.24) is 5.32 Å². The van der Waals surface area contributed by atoms with Crippen LogP contribution in [-0.2, 0) is 17.8 Å². The SMILES string of the molecule is Cc1ccccc1C(C)NC(=O)Cc1ccc(CN)cc1. The van der Waals surface area contributed by atoms with Crippen molar-refractivity contribution in [3.63, 3.8) is 0 Å². The lowest BCUT2D eigenvalue weighted by Gasteiger charge is -2.16. The summed E-state index contributed by atoms with van der Waals surface area (Å²) in [7, 11) is 0. The van der Waals surface area contributed by atoms with E-state index < -0.39 is 0 Å². The smallest absolute Gasteiger partial charge is 0.224 e. The summed E-state index contributed by atoms with van der Waals surface area (Å²) in [6.45, 7) is 4.60. The van der Waals surface area contributed by atoms with Crippen LogP contribution in [0.25, 0.3) is 0 Å². The second-order valence-corrected chi connectivity index (χ2v) is 5.34. The molecule has 3 N–H and O–H groups in total. The molecule has 0 bridgehead atoms. The summed E-state index contributed by atoms with van der Waals surface area (Å²) in [5, 5.41) is 3.05. The Hall–Kier alpha value is -2.13. The Morgan fingerprint density at radius 2 is 1.71 bits per heavy atom. The largest absolute Gasteiger partial charge is 0.349 e. The fraction of sp³-hybridized carbons (Fsp3) is 0.278. The summed E-state index contributed by atoms with van der Waals surface area (Å²) in [6.07, 6.45) is 0.390. The molecular weight excluding hydrogens is 260 g/mol. The van der Waals surface area contributed by atoms with Crippen LogP contribution < -0.4 is 11.1 Å². The van der Waals surface area contributed by atoms with Gasteiger partial charge in [0.05, 0.1) is 12.5 Å². The van der Waals surface area contributed by atoms with E-state index in [1.54, 1.807) is 0 Å². The van der Waals surface area contributed by atoms with Crippen molar-refractivity contribution in [1.29, 1.82) is 0 Å². The van der Waals surface area contributed by atoms with Crippen LogP contribution in [0.5, 0.6) is 0 Å². The topological polar surface area (TPSA) is 55.1 Å². The van der Waals surface area contributed by atoms with Gasteiger partial charge < -0.3 is 11.1 Å². The first-order valence-corrected chi connectivity index (χ1v) is 7.23. The molecular formula is C18H22N2O. The lowest BCUT2D eigenvalue weighted by atomic mass is 10.0. The second-order valence-electron chi connectivity index (χ2n) is 5.34. The van der Waals surface area contributed by atoms with E-state index >= 15 is 0 Å². The molecule has 21 heavy (non-hydrogen) atoms. The third kappa shape index (κ3) is 4.17. The van der Waals surface area contributed by atoms with Crippen molar-refractivity contribution >= 4 is 5.91 Å². The van der Waals surface area contributed by atoms with Crippen LogP contribution in [0, 0.1) is 6.92 Å². The zero-order valence-electron chi connectivity index (χ0n) is 12.6. The summed E-state index contributed by atoms with van der Waals surface area (Å²) in [6, 6.07) is 16.0. The number of amides is 1. The van der Waals surface area contributed by atoms with Crippen LogP contribution in [0.1, 0.15) is 35.2 Å². The third-order valence-electron chi connectivity index (χ3n) is 3.66. The van der Waals surface area contributed by atoms with Crippen LogP contribution in [0.4, 0.5) is 0 Å². The molecule has 1 unspecified atom stereocenters. The minimum atomic E-state index is 0.0158. The molecule has 0 spiro atoms. The molecule has 0 radical (unpaired) electrons. The van der Waals surface area contributed by atoms with E-state index in [9.17, 15) is 4.79 Å². The van der Waals surface area contributed by atoms with Gasteiger partial charge in [0, 0.05) is 6.54 Å². The van der Waals surface area contributed by atoms with Gasteiger partial charge in [0.2, 0.25) is 5.91 Å². The molecule has 2 aromatic rings. The molecule has 0 saturated carbocycles. The van der Waals surface area contributed by atoms with Crippen LogP contribution in [0.15, 0.2) is 48.5 Å². The predicted molar refractivity (Wildman–Crippen MR) is 85.8 cm³/mol. The highest BCUT2D eigenvalue weighted by molar-refractivity contribution is 5.79. The van der Waals surface area contributed by atoms with Gasteiger partial charge in [-0.05, 0) is 36.1 Å². The lowest BCUT2D eigenvalue weighted by Crippen LogP contribution is -2.28. The van der Waals surface area contributed by atoms with E-state index in [0.29, 0.717) is 13.0 Å². The normalized spacial score (nSPS) is 12.0. The predicted octanol–water partition coefficient (Wildman–Crippen LogP) is 2.87. The Balaban J connectivity index is 1.96. The van der Waals surface area contributed by atoms with Crippen LogP contribution in [0.3, 0.4) is 0 Å². The number of rotatable bonds is 5. The Kier molecular flexibility index (Phi) is 5.12. The monoisotopic (exact) mass is 282 g/mol. The minimum absolute atomic E-state index is 0.0158. The lowest BCUT2D eigenvalue weighted by molar-refractivity contribution is -0.121. The van der Waals surface area contributed by atoms with Crippen LogP contribution in [0.2, 0.25) is 0 Å². The third-order valence-corrected chi connectivity index (χ3v) is 3.66. The van der Waals surface area contributed by atoms with Gasteiger partial charge in [0.25, 0.3) is 0 Å². The van der Waals surface area contributed by atoms with Gasteiger partial charge in [-0.1, -0.05) is 48.5 Å². The van der Waals surface area contributed by atoms with Crippen molar-refractivity contribution in [2.24, 2.45) is 5.73 Å². The molecule has 3 nitrogen and oxygen atoms in total. The number of hydrogen-bond donors (Lipinski definition) is 2. The highest BCUT2D eigenvalue weighted by atomic mass is 16.1. The average Bonchev–Trinajstić information content (AvgIpc) is 2.48. The summed E-state index contributed by atoms with van der Waals surface area (Å²) < 4.78 is 0. The molecule has 0 aliphatic rings. The van der Waals surface area contributed by atoms with Gasteiger partial charge >= 0.3 is 0 Å². The first kappa shape index (κ1) is 15.3. The van der Waals surface area contributed by atoms with Gasteiger partial charge in [0.1, 0.15) is 0 Å². The van der Waals surface area contributed by atoms with Crippen molar-refractivity contribution in [2.45, 2.75) is 32.9 Å². The molecule has 3 heteroatoms. The Morgan fingerprint density at radius 1 is 1.10 bits per heavy atom. The maximum Gasteiger partial charge on any atom is 0.224 e. The number of aryl methyl sites for hydroxylation is 1. The molecule has 1 amide bonds. The highest BCUT2D eigenvalue weighted by Gasteiger charge is 2.11. The zero-order valence-corrected chi connectivity index (χ0v) is 12.6. The number of carbonyl (C=O) groups is 1. The maximum atomic E-state index is 12.1. The first-order chi connectivity index (χ1) is 10.1. The molecule has 0 heterocycles.